The molecule has 2 nitrogen and oxygen atoms in total. The van der Waals surface area contributed by atoms with Crippen LogP contribution in [-0.2, 0) is 0 Å². The summed E-state index contributed by atoms with van der Waals surface area (Å²) in [4.78, 5) is 2.21. The number of rotatable bonds is 5. The van der Waals surface area contributed by atoms with E-state index in [1.165, 1.54) is 6.42 Å². The van der Waals surface area contributed by atoms with E-state index in [4.69, 9.17) is 0 Å². The highest BCUT2D eigenvalue weighted by molar-refractivity contribution is 4.67. The van der Waals surface area contributed by atoms with Crippen LogP contribution in [0.1, 0.15) is 27.2 Å². The van der Waals surface area contributed by atoms with Crippen LogP contribution in [-0.4, -0.2) is 37.6 Å². The number of likely N-dealkylation sites (N-methyl/N-ethyl adjacent to an activating group) is 1. The zero-order chi connectivity index (χ0) is 8.85. The third kappa shape index (κ3) is 6.32. The molecule has 0 aromatic heterocycles. The molecule has 0 unspecified atom stereocenters. The Kier molecular flexibility index (Phi) is 5.51. The molecule has 0 bridgehead atoms. The van der Waals surface area contributed by atoms with Gasteiger partial charge < -0.3 is 10.2 Å². The fraction of sp³-hybridized carbons (Fsp3) is 1.00. The Balaban J connectivity index is 3.43. The Morgan fingerprint density at radius 2 is 1.73 bits per heavy atom. The molecule has 0 radical (unpaired) electrons. The summed E-state index contributed by atoms with van der Waals surface area (Å²) in [6.07, 6.45) is 1.21. The van der Waals surface area contributed by atoms with Crippen LogP contribution in [0.15, 0.2) is 0 Å². The highest BCUT2D eigenvalue weighted by atomic mass is 15.1. The zero-order valence-corrected chi connectivity index (χ0v) is 8.52. The van der Waals surface area contributed by atoms with Crippen LogP contribution in [0.3, 0.4) is 0 Å². The Labute approximate surface area is 71.0 Å². The Hall–Kier alpha value is -0.0800. The van der Waals surface area contributed by atoms with E-state index in [0.29, 0.717) is 12.1 Å². The lowest BCUT2D eigenvalue weighted by Gasteiger charge is -2.21. The summed E-state index contributed by atoms with van der Waals surface area (Å²) in [6.45, 7) is 7.78. The summed E-state index contributed by atoms with van der Waals surface area (Å²) >= 11 is 0. The molecular weight excluding hydrogens is 136 g/mol. The molecule has 1 N–H and O–H groups in total. The van der Waals surface area contributed by atoms with Crippen molar-refractivity contribution in [3.05, 3.63) is 0 Å². The van der Waals surface area contributed by atoms with Gasteiger partial charge in [-0.1, -0.05) is 6.92 Å². The summed E-state index contributed by atoms with van der Waals surface area (Å²) in [5.41, 5.74) is 0. The normalized spacial score (nSPS) is 16.9. The third-order valence-corrected chi connectivity index (χ3v) is 1.82. The van der Waals surface area contributed by atoms with E-state index < -0.39 is 0 Å². The standard InChI is InChI=1S/C9H22N2/c1-6-8(2)10-9(3)7-11(4)5/h8-10H,6-7H2,1-5H3/t8-,9+/m0/s1. The summed E-state index contributed by atoms with van der Waals surface area (Å²) in [5.74, 6) is 0. The Morgan fingerprint density at radius 1 is 1.18 bits per heavy atom. The number of nitrogens with one attached hydrogen (secondary N) is 1. The first-order valence-electron chi connectivity index (χ1n) is 4.47. The van der Waals surface area contributed by atoms with Crippen molar-refractivity contribution in [3.8, 4) is 0 Å². The van der Waals surface area contributed by atoms with Gasteiger partial charge in [-0.2, -0.15) is 0 Å². The summed E-state index contributed by atoms with van der Waals surface area (Å²) in [5, 5.41) is 3.52. The molecule has 0 aromatic rings. The van der Waals surface area contributed by atoms with Gasteiger partial charge in [-0.15, -0.1) is 0 Å². The van der Waals surface area contributed by atoms with Gasteiger partial charge in [-0.3, -0.25) is 0 Å². The maximum absolute atomic E-state index is 3.52. The van der Waals surface area contributed by atoms with Crippen LogP contribution in [0.25, 0.3) is 0 Å². The largest absolute Gasteiger partial charge is 0.311 e. The predicted octanol–water partition coefficient (Wildman–Crippen LogP) is 1.32. The second-order valence-corrected chi connectivity index (χ2v) is 3.64. The van der Waals surface area contributed by atoms with Crippen molar-refractivity contribution in [3.63, 3.8) is 0 Å². The third-order valence-electron chi connectivity index (χ3n) is 1.82. The van der Waals surface area contributed by atoms with E-state index in [1.807, 2.05) is 0 Å². The van der Waals surface area contributed by atoms with Gasteiger partial charge in [0.05, 0.1) is 0 Å². The van der Waals surface area contributed by atoms with E-state index in [2.05, 4.69) is 45.1 Å². The second kappa shape index (κ2) is 5.56. The number of hydrogen-bond donors (Lipinski definition) is 1. The highest BCUT2D eigenvalue weighted by Gasteiger charge is 2.05. The SMILES string of the molecule is CC[C@H](C)N[C@H](C)CN(C)C. The van der Waals surface area contributed by atoms with Gasteiger partial charge in [0.15, 0.2) is 0 Å². The van der Waals surface area contributed by atoms with Crippen molar-refractivity contribution in [1.82, 2.24) is 10.2 Å². The van der Waals surface area contributed by atoms with Crippen LogP contribution in [0.5, 0.6) is 0 Å². The maximum Gasteiger partial charge on any atom is 0.0168 e. The fourth-order valence-electron chi connectivity index (χ4n) is 1.20. The molecule has 11 heavy (non-hydrogen) atoms. The molecule has 0 aliphatic heterocycles. The van der Waals surface area contributed by atoms with E-state index in [-0.39, 0.29) is 0 Å². The van der Waals surface area contributed by atoms with Crippen molar-refractivity contribution in [2.75, 3.05) is 20.6 Å². The topological polar surface area (TPSA) is 15.3 Å². The van der Waals surface area contributed by atoms with Gasteiger partial charge in [0.1, 0.15) is 0 Å². The molecule has 0 aliphatic carbocycles. The Morgan fingerprint density at radius 3 is 2.09 bits per heavy atom. The van der Waals surface area contributed by atoms with Gasteiger partial charge in [0.2, 0.25) is 0 Å². The van der Waals surface area contributed by atoms with E-state index in [1.54, 1.807) is 0 Å². The zero-order valence-electron chi connectivity index (χ0n) is 8.52. The fourth-order valence-corrected chi connectivity index (χ4v) is 1.20. The molecule has 0 spiro atoms. The van der Waals surface area contributed by atoms with Crippen molar-refractivity contribution in [2.24, 2.45) is 0 Å². The van der Waals surface area contributed by atoms with Gasteiger partial charge in [-0.05, 0) is 34.4 Å². The second-order valence-electron chi connectivity index (χ2n) is 3.64. The monoisotopic (exact) mass is 158 g/mol. The molecule has 0 saturated carbocycles. The number of nitrogens with zero attached hydrogens (tertiary/aromatic N) is 1. The van der Waals surface area contributed by atoms with Crippen molar-refractivity contribution in [1.29, 1.82) is 0 Å². The first-order valence-corrected chi connectivity index (χ1v) is 4.47. The average Bonchev–Trinajstić information content (AvgIpc) is 1.85. The van der Waals surface area contributed by atoms with Crippen LogP contribution in [0, 0.1) is 0 Å². The van der Waals surface area contributed by atoms with E-state index >= 15 is 0 Å². The first-order chi connectivity index (χ1) is 5.06. The van der Waals surface area contributed by atoms with Gasteiger partial charge in [0, 0.05) is 18.6 Å². The molecule has 2 heteroatoms. The van der Waals surface area contributed by atoms with Crippen LogP contribution >= 0.6 is 0 Å². The average molecular weight is 158 g/mol. The van der Waals surface area contributed by atoms with Crippen LogP contribution < -0.4 is 5.32 Å². The lowest BCUT2D eigenvalue weighted by molar-refractivity contribution is 0.330. The predicted molar refractivity (Wildman–Crippen MR) is 50.9 cm³/mol. The molecule has 2 atom stereocenters. The quantitative estimate of drug-likeness (QED) is 0.649. The van der Waals surface area contributed by atoms with E-state index in [9.17, 15) is 0 Å². The molecule has 0 aromatic carbocycles. The number of hydrogen-bond acceptors (Lipinski definition) is 2. The summed E-state index contributed by atoms with van der Waals surface area (Å²) in [6, 6.07) is 1.24. The van der Waals surface area contributed by atoms with E-state index in [0.717, 1.165) is 6.54 Å². The summed E-state index contributed by atoms with van der Waals surface area (Å²) < 4.78 is 0. The minimum Gasteiger partial charge on any atom is -0.311 e. The van der Waals surface area contributed by atoms with Crippen molar-refractivity contribution < 1.29 is 0 Å². The molecule has 0 fully saturated rings. The molecule has 0 saturated heterocycles. The molecule has 0 aliphatic rings. The summed E-state index contributed by atoms with van der Waals surface area (Å²) in [7, 11) is 4.21. The van der Waals surface area contributed by atoms with Crippen LogP contribution in [0.2, 0.25) is 0 Å². The van der Waals surface area contributed by atoms with Gasteiger partial charge in [0.25, 0.3) is 0 Å². The molecular formula is C9H22N2. The van der Waals surface area contributed by atoms with Gasteiger partial charge >= 0.3 is 0 Å². The molecule has 0 rings (SSSR count). The molecule has 0 amide bonds. The van der Waals surface area contributed by atoms with Gasteiger partial charge in [-0.25, -0.2) is 0 Å². The minimum atomic E-state index is 0.597. The first kappa shape index (κ1) is 10.9. The van der Waals surface area contributed by atoms with Crippen LogP contribution in [0.4, 0.5) is 0 Å². The van der Waals surface area contributed by atoms with Crippen molar-refractivity contribution >= 4 is 0 Å². The smallest absolute Gasteiger partial charge is 0.0168 e. The Bertz CT molecular complexity index is 91.6. The maximum atomic E-state index is 3.52. The lowest BCUT2D eigenvalue weighted by Crippen LogP contribution is -2.40. The minimum absolute atomic E-state index is 0.597. The van der Waals surface area contributed by atoms with Crippen molar-refractivity contribution in [2.45, 2.75) is 39.3 Å². The highest BCUT2D eigenvalue weighted by Crippen LogP contribution is 1.92. The molecule has 0 heterocycles. The molecule has 68 valence electrons. The lowest BCUT2D eigenvalue weighted by atomic mass is 10.2.